The Morgan fingerprint density at radius 1 is 1.71 bits per heavy atom. The standard InChI is InChI=1S/C11H17NOS/c1-9(11-3-2-6-14-11)12-7-10-4-5-13-8-10/h2-3,6,9-10,12H,4-5,7-8H2,1H3/t9-,10?/m0/s1. The normalized spacial score (nSPS) is 23.9. The predicted molar refractivity (Wildman–Crippen MR) is 59.7 cm³/mol. The highest BCUT2D eigenvalue weighted by atomic mass is 32.1. The summed E-state index contributed by atoms with van der Waals surface area (Å²) >= 11 is 1.82. The van der Waals surface area contributed by atoms with Gasteiger partial charge in [0.1, 0.15) is 0 Å². The lowest BCUT2D eigenvalue weighted by atomic mass is 10.1. The second-order valence-corrected chi connectivity index (χ2v) is 4.85. The molecule has 1 N–H and O–H groups in total. The van der Waals surface area contributed by atoms with Crippen LogP contribution in [0.15, 0.2) is 17.5 Å². The van der Waals surface area contributed by atoms with Gasteiger partial charge in [0.05, 0.1) is 6.61 Å². The summed E-state index contributed by atoms with van der Waals surface area (Å²) in [6.45, 7) is 5.19. The van der Waals surface area contributed by atoms with Crippen molar-refractivity contribution in [3.05, 3.63) is 22.4 Å². The highest BCUT2D eigenvalue weighted by Crippen LogP contribution is 2.19. The minimum Gasteiger partial charge on any atom is -0.381 e. The van der Waals surface area contributed by atoms with E-state index in [1.165, 1.54) is 11.3 Å². The summed E-state index contributed by atoms with van der Waals surface area (Å²) in [5.41, 5.74) is 0. The Labute approximate surface area is 89.3 Å². The van der Waals surface area contributed by atoms with E-state index in [0.717, 1.165) is 25.7 Å². The van der Waals surface area contributed by atoms with Crippen molar-refractivity contribution in [2.24, 2.45) is 5.92 Å². The number of nitrogens with one attached hydrogen (secondary N) is 1. The van der Waals surface area contributed by atoms with E-state index in [2.05, 4.69) is 29.8 Å². The van der Waals surface area contributed by atoms with Crippen LogP contribution in [0.25, 0.3) is 0 Å². The molecule has 2 nitrogen and oxygen atoms in total. The van der Waals surface area contributed by atoms with E-state index in [4.69, 9.17) is 4.74 Å². The smallest absolute Gasteiger partial charge is 0.0507 e. The molecule has 1 aromatic heterocycles. The Bertz CT molecular complexity index is 254. The molecule has 3 heteroatoms. The van der Waals surface area contributed by atoms with Crippen LogP contribution in [0, 0.1) is 5.92 Å². The fourth-order valence-corrected chi connectivity index (χ4v) is 2.48. The molecule has 1 fully saturated rings. The monoisotopic (exact) mass is 211 g/mol. The van der Waals surface area contributed by atoms with Gasteiger partial charge in [-0.15, -0.1) is 11.3 Å². The molecule has 1 aliphatic heterocycles. The van der Waals surface area contributed by atoms with E-state index < -0.39 is 0 Å². The molecule has 14 heavy (non-hydrogen) atoms. The zero-order valence-corrected chi connectivity index (χ0v) is 9.35. The Morgan fingerprint density at radius 3 is 3.29 bits per heavy atom. The van der Waals surface area contributed by atoms with E-state index in [0.29, 0.717) is 6.04 Å². The van der Waals surface area contributed by atoms with E-state index in [-0.39, 0.29) is 0 Å². The van der Waals surface area contributed by atoms with Crippen molar-refractivity contribution in [1.82, 2.24) is 5.32 Å². The quantitative estimate of drug-likeness (QED) is 0.826. The highest BCUT2D eigenvalue weighted by molar-refractivity contribution is 7.10. The van der Waals surface area contributed by atoms with E-state index in [1.54, 1.807) is 0 Å². The molecule has 1 saturated heterocycles. The predicted octanol–water partition coefficient (Wildman–Crippen LogP) is 2.44. The molecule has 1 aliphatic rings. The lowest BCUT2D eigenvalue weighted by Gasteiger charge is -2.14. The van der Waals surface area contributed by atoms with Crippen molar-refractivity contribution < 1.29 is 4.74 Å². The number of thiophene rings is 1. The van der Waals surface area contributed by atoms with Crippen molar-refractivity contribution in [2.75, 3.05) is 19.8 Å². The Balaban J connectivity index is 1.74. The first kappa shape index (κ1) is 10.1. The summed E-state index contributed by atoms with van der Waals surface area (Å²) in [6.07, 6.45) is 1.21. The zero-order valence-electron chi connectivity index (χ0n) is 8.53. The zero-order chi connectivity index (χ0) is 9.80. The van der Waals surface area contributed by atoms with Gasteiger partial charge in [-0.1, -0.05) is 6.07 Å². The topological polar surface area (TPSA) is 21.3 Å². The molecule has 78 valence electrons. The highest BCUT2D eigenvalue weighted by Gasteiger charge is 2.16. The van der Waals surface area contributed by atoms with Gasteiger partial charge in [-0.25, -0.2) is 0 Å². The van der Waals surface area contributed by atoms with Crippen LogP contribution in [0.4, 0.5) is 0 Å². The largest absolute Gasteiger partial charge is 0.381 e. The van der Waals surface area contributed by atoms with Crippen molar-refractivity contribution in [2.45, 2.75) is 19.4 Å². The van der Waals surface area contributed by atoms with Gasteiger partial charge in [-0.05, 0) is 30.7 Å². The van der Waals surface area contributed by atoms with Gasteiger partial charge in [0, 0.05) is 24.1 Å². The molecule has 0 radical (unpaired) electrons. The number of rotatable bonds is 4. The Hall–Kier alpha value is -0.380. The molecular weight excluding hydrogens is 194 g/mol. The van der Waals surface area contributed by atoms with Crippen LogP contribution in [0.2, 0.25) is 0 Å². The molecule has 0 saturated carbocycles. The van der Waals surface area contributed by atoms with Crippen molar-refractivity contribution in [1.29, 1.82) is 0 Å². The lowest BCUT2D eigenvalue weighted by Crippen LogP contribution is -2.25. The molecule has 0 spiro atoms. The number of hydrogen-bond acceptors (Lipinski definition) is 3. The van der Waals surface area contributed by atoms with Gasteiger partial charge in [-0.2, -0.15) is 0 Å². The third-order valence-corrected chi connectivity index (χ3v) is 3.76. The van der Waals surface area contributed by atoms with Gasteiger partial charge in [0.15, 0.2) is 0 Å². The van der Waals surface area contributed by atoms with Crippen LogP contribution in [0.5, 0.6) is 0 Å². The SMILES string of the molecule is C[C@H](NCC1CCOC1)c1cccs1. The first-order valence-electron chi connectivity index (χ1n) is 5.21. The Morgan fingerprint density at radius 2 is 2.64 bits per heavy atom. The molecule has 1 aromatic rings. The van der Waals surface area contributed by atoms with Crippen molar-refractivity contribution >= 4 is 11.3 Å². The van der Waals surface area contributed by atoms with E-state index in [9.17, 15) is 0 Å². The summed E-state index contributed by atoms with van der Waals surface area (Å²) in [6, 6.07) is 4.78. The second-order valence-electron chi connectivity index (χ2n) is 3.87. The third-order valence-electron chi connectivity index (χ3n) is 2.71. The van der Waals surface area contributed by atoms with Gasteiger partial charge in [-0.3, -0.25) is 0 Å². The molecule has 0 bridgehead atoms. The maximum atomic E-state index is 5.34. The first-order valence-corrected chi connectivity index (χ1v) is 6.09. The van der Waals surface area contributed by atoms with E-state index >= 15 is 0 Å². The summed E-state index contributed by atoms with van der Waals surface area (Å²) < 4.78 is 5.34. The number of ether oxygens (including phenoxy) is 1. The average molecular weight is 211 g/mol. The lowest BCUT2D eigenvalue weighted by molar-refractivity contribution is 0.184. The molecular formula is C11H17NOS. The minimum atomic E-state index is 0.482. The average Bonchev–Trinajstić information content (AvgIpc) is 2.87. The van der Waals surface area contributed by atoms with Crippen LogP contribution >= 0.6 is 11.3 Å². The van der Waals surface area contributed by atoms with Crippen molar-refractivity contribution in [3.63, 3.8) is 0 Å². The molecule has 0 aliphatic carbocycles. The summed E-state index contributed by atoms with van der Waals surface area (Å²) in [4.78, 5) is 1.42. The molecule has 2 heterocycles. The van der Waals surface area contributed by atoms with Crippen LogP contribution in [-0.2, 0) is 4.74 Å². The molecule has 0 amide bonds. The summed E-state index contributed by atoms with van der Waals surface area (Å²) in [7, 11) is 0. The fraction of sp³-hybridized carbons (Fsp3) is 0.636. The fourth-order valence-electron chi connectivity index (χ4n) is 1.73. The molecule has 0 aromatic carbocycles. The van der Waals surface area contributed by atoms with Crippen LogP contribution in [-0.4, -0.2) is 19.8 Å². The van der Waals surface area contributed by atoms with Crippen LogP contribution in [0.3, 0.4) is 0 Å². The van der Waals surface area contributed by atoms with Gasteiger partial charge >= 0.3 is 0 Å². The van der Waals surface area contributed by atoms with Crippen LogP contribution < -0.4 is 5.32 Å². The number of hydrogen-bond donors (Lipinski definition) is 1. The molecule has 2 atom stereocenters. The first-order chi connectivity index (χ1) is 6.86. The van der Waals surface area contributed by atoms with E-state index in [1.807, 2.05) is 11.3 Å². The van der Waals surface area contributed by atoms with Crippen LogP contribution in [0.1, 0.15) is 24.3 Å². The van der Waals surface area contributed by atoms with Gasteiger partial charge < -0.3 is 10.1 Å². The summed E-state index contributed by atoms with van der Waals surface area (Å²) in [5, 5.41) is 5.69. The maximum Gasteiger partial charge on any atom is 0.0507 e. The second kappa shape index (κ2) is 4.91. The van der Waals surface area contributed by atoms with Gasteiger partial charge in [0.25, 0.3) is 0 Å². The van der Waals surface area contributed by atoms with Crippen molar-refractivity contribution in [3.8, 4) is 0 Å². The van der Waals surface area contributed by atoms with Gasteiger partial charge in [0.2, 0.25) is 0 Å². The molecule has 1 unspecified atom stereocenters. The minimum absolute atomic E-state index is 0.482. The third kappa shape index (κ3) is 2.56. The summed E-state index contributed by atoms with van der Waals surface area (Å²) in [5.74, 6) is 0.720. The maximum absolute atomic E-state index is 5.34. The molecule has 2 rings (SSSR count). The Kier molecular flexibility index (Phi) is 3.56.